The van der Waals surface area contributed by atoms with Crippen molar-refractivity contribution in [2.45, 2.75) is 71.3 Å². The number of amides is 2. The number of hydrogen-bond acceptors (Lipinski definition) is 10. The van der Waals surface area contributed by atoms with E-state index in [1.807, 2.05) is 18.3 Å². The van der Waals surface area contributed by atoms with Gasteiger partial charge in [-0.25, -0.2) is 9.97 Å². The van der Waals surface area contributed by atoms with Gasteiger partial charge in [-0.05, 0) is 63.3 Å². The van der Waals surface area contributed by atoms with Crippen molar-refractivity contribution in [2.75, 3.05) is 56.0 Å². The van der Waals surface area contributed by atoms with Crippen LogP contribution in [-0.4, -0.2) is 87.8 Å². The van der Waals surface area contributed by atoms with Crippen LogP contribution in [0.4, 0.5) is 17.5 Å². The quantitative estimate of drug-likeness (QED) is 0.125. The number of hydrogen-bond donors (Lipinski definition) is 3. The topological polar surface area (TPSA) is 154 Å². The van der Waals surface area contributed by atoms with Crippen molar-refractivity contribution < 1.29 is 14.4 Å². The average molecular weight is 658 g/mol. The Bertz CT molecular complexity index is 1670. The first kappa shape index (κ1) is 34.7. The molecule has 0 bridgehead atoms. The molecule has 256 valence electrons. The molecule has 0 atom stereocenters. The van der Waals surface area contributed by atoms with Gasteiger partial charge in [-0.2, -0.15) is 4.98 Å². The summed E-state index contributed by atoms with van der Waals surface area (Å²) < 4.78 is 1.71. The van der Waals surface area contributed by atoms with E-state index in [1.165, 1.54) is 13.0 Å². The van der Waals surface area contributed by atoms with E-state index in [1.54, 1.807) is 17.7 Å². The molecule has 2 fully saturated rings. The summed E-state index contributed by atoms with van der Waals surface area (Å²) in [6.07, 6.45) is 12.5. The lowest BCUT2D eigenvalue weighted by molar-refractivity contribution is -0.122. The van der Waals surface area contributed by atoms with Gasteiger partial charge in [-0.3, -0.25) is 28.6 Å². The van der Waals surface area contributed by atoms with E-state index < -0.39 is 0 Å². The molecule has 3 aromatic rings. The van der Waals surface area contributed by atoms with Gasteiger partial charge in [0, 0.05) is 56.9 Å². The zero-order valence-corrected chi connectivity index (χ0v) is 28.1. The second-order valence-electron chi connectivity index (χ2n) is 12.6. The van der Waals surface area contributed by atoms with Crippen LogP contribution in [0.2, 0.25) is 0 Å². The molecule has 0 radical (unpaired) electrons. The summed E-state index contributed by atoms with van der Waals surface area (Å²) in [5.41, 5.74) is 2.09. The Hall–Kier alpha value is -4.65. The minimum Gasteiger partial charge on any atom is -0.368 e. The number of pyridine rings is 2. The first-order valence-corrected chi connectivity index (χ1v) is 17.0. The van der Waals surface area contributed by atoms with Crippen molar-refractivity contribution in [1.82, 2.24) is 35.1 Å². The second kappa shape index (κ2) is 16.4. The van der Waals surface area contributed by atoms with Gasteiger partial charge >= 0.3 is 0 Å². The summed E-state index contributed by atoms with van der Waals surface area (Å²) in [5.74, 6) is 0.580. The summed E-state index contributed by atoms with van der Waals surface area (Å²) in [4.78, 5) is 67.7. The predicted molar refractivity (Wildman–Crippen MR) is 187 cm³/mol. The van der Waals surface area contributed by atoms with Crippen LogP contribution in [0.1, 0.15) is 80.3 Å². The van der Waals surface area contributed by atoms with Crippen LogP contribution in [0.3, 0.4) is 0 Å². The molecule has 0 unspecified atom stereocenters. The van der Waals surface area contributed by atoms with Gasteiger partial charge in [0.25, 0.3) is 5.56 Å². The van der Waals surface area contributed by atoms with E-state index in [0.29, 0.717) is 48.0 Å². The highest BCUT2D eigenvalue weighted by molar-refractivity contribution is 5.99. The fraction of sp³-hybridized carbons (Fsp3) is 0.514. The number of unbranched alkanes of at least 4 members (excludes halogenated alkanes) is 3. The van der Waals surface area contributed by atoms with Crippen LogP contribution in [0.25, 0.3) is 11.0 Å². The molecule has 3 aromatic heterocycles. The van der Waals surface area contributed by atoms with Crippen molar-refractivity contribution in [3.63, 3.8) is 0 Å². The van der Waals surface area contributed by atoms with Gasteiger partial charge in [-0.15, -0.1) is 0 Å². The normalized spacial score (nSPS) is 15.4. The molecule has 2 amide bonds. The molecule has 0 spiro atoms. The Morgan fingerprint density at radius 3 is 2.31 bits per heavy atom. The fourth-order valence-electron chi connectivity index (χ4n) is 6.61. The Balaban J connectivity index is 1.10. The van der Waals surface area contributed by atoms with E-state index in [2.05, 4.69) is 42.3 Å². The summed E-state index contributed by atoms with van der Waals surface area (Å²) in [6.45, 7) is 11.5. The molecule has 1 aliphatic heterocycles. The lowest BCUT2D eigenvalue weighted by Gasteiger charge is -2.35. The SMILES string of the molecule is C=CC(=O)NCCCCCCNC(=O)CN1CCN(c2ccc(Nc3ncc4c(C)c(C(C)=O)c(=O)n(C5CCCC5)c4n3)nc2)CC1. The number of piperazine rings is 1. The number of ketones is 1. The zero-order valence-electron chi connectivity index (χ0n) is 28.1. The summed E-state index contributed by atoms with van der Waals surface area (Å²) in [7, 11) is 0. The number of carbonyl (C=O) groups excluding carboxylic acids is 3. The largest absolute Gasteiger partial charge is 0.368 e. The highest BCUT2D eigenvalue weighted by atomic mass is 16.2. The third-order valence-electron chi connectivity index (χ3n) is 9.25. The van der Waals surface area contributed by atoms with Crippen molar-refractivity contribution >= 4 is 46.1 Å². The van der Waals surface area contributed by atoms with Gasteiger partial charge in [0.05, 0.1) is 24.0 Å². The monoisotopic (exact) mass is 657 g/mol. The number of carbonyl (C=O) groups is 3. The number of Topliss-reactive ketones (excluding diaryl/α,β-unsaturated/α-hetero) is 1. The average Bonchev–Trinajstić information content (AvgIpc) is 3.61. The number of anilines is 3. The van der Waals surface area contributed by atoms with Gasteiger partial charge in [0.2, 0.25) is 17.8 Å². The molecule has 3 N–H and O–H groups in total. The highest BCUT2D eigenvalue weighted by Gasteiger charge is 2.26. The highest BCUT2D eigenvalue weighted by Crippen LogP contribution is 2.32. The van der Waals surface area contributed by atoms with E-state index in [-0.39, 0.29) is 34.8 Å². The van der Waals surface area contributed by atoms with Crippen LogP contribution < -0.4 is 26.4 Å². The maximum atomic E-state index is 13.5. The van der Waals surface area contributed by atoms with Crippen molar-refractivity contribution in [1.29, 1.82) is 0 Å². The minimum absolute atomic E-state index is 0.0138. The van der Waals surface area contributed by atoms with Crippen LogP contribution in [0.5, 0.6) is 0 Å². The fourth-order valence-corrected chi connectivity index (χ4v) is 6.61. The number of aryl methyl sites for hydroxylation is 1. The summed E-state index contributed by atoms with van der Waals surface area (Å²) in [6, 6.07) is 3.90. The molecule has 13 heteroatoms. The van der Waals surface area contributed by atoms with E-state index >= 15 is 0 Å². The molecule has 1 saturated carbocycles. The molecule has 5 rings (SSSR count). The lowest BCUT2D eigenvalue weighted by atomic mass is 10.0. The Morgan fingerprint density at radius 2 is 1.67 bits per heavy atom. The number of nitrogens with zero attached hydrogens (tertiary/aromatic N) is 6. The molecule has 13 nitrogen and oxygen atoms in total. The maximum Gasteiger partial charge on any atom is 0.263 e. The van der Waals surface area contributed by atoms with Gasteiger partial charge in [0.1, 0.15) is 11.5 Å². The number of rotatable bonds is 15. The van der Waals surface area contributed by atoms with Gasteiger partial charge < -0.3 is 20.9 Å². The van der Waals surface area contributed by atoms with Crippen LogP contribution >= 0.6 is 0 Å². The van der Waals surface area contributed by atoms with Crippen molar-refractivity contribution in [2.24, 2.45) is 0 Å². The molecule has 48 heavy (non-hydrogen) atoms. The van der Waals surface area contributed by atoms with Gasteiger partial charge in [0.15, 0.2) is 5.78 Å². The Labute approximate surface area is 281 Å². The minimum atomic E-state index is -0.275. The third-order valence-corrected chi connectivity index (χ3v) is 9.25. The molecule has 0 aromatic carbocycles. The molecule has 4 heterocycles. The smallest absolute Gasteiger partial charge is 0.263 e. The number of nitrogens with one attached hydrogen (secondary N) is 3. The Morgan fingerprint density at radius 1 is 0.958 bits per heavy atom. The molecule has 2 aliphatic rings. The van der Waals surface area contributed by atoms with Crippen molar-refractivity contribution in [3.05, 3.63) is 58.7 Å². The molecular weight excluding hydrogens is 610 g/mol. The number of fused-ring (bicyclic) bond motifs is 1. The molecule has 1 saturated heterocycles. The third kappa shape index (κ3) is 8.62. The lowest BCUT2D eigenvalue weighted by Crippen LogP contribution is -2.49. The maximum absolute atomic E-state index is 13.5. The van der Waals surface area contributed by atoms with Crippen LogP contribution in [-0.2, 0) is 9.59 Å². The zero-order chi connectivity index (χ0) is 34.0. The molecule has 1 aliphatic carbocycles. The summed E-state index contributed by atoms with van der Waals surface area (Å²) in [5, 5.41) is 9.68. The first-order chi connectivity index (χ1) is 23.2. The molecular formula is C35H47N9O4. The van der Waals surface area contributed by atoms with E-state index in [9.17, 15) is 19.2 Å². The summed E-state index contributed by atoms with van der Waals surface area (Å²) >= 11 is 0. The van der Waals surface area contributed by atoms with Crippen LogP contribution in [0, 0.1) is 6.92 Å². The van der Waals surface area contributed by atoms with Crippen LogP contribution in [0.15, 0.2) is 42.0 Å². The first-order valence-electron chi connectivity index (χ1n) is 17.0. The standard InChI is InChI=1S/C35H47N9O4/c1-4-30(46)36-15-9-5-6-10-16-37-31(47)23-42-17-19-43(20-18-42)27-13-14-29(38-21-27)40-35-39-22-28-24(2)32(25(3)45)34(48)44(33(28)41-35)26-11-7-8-12-26/h4,13-14,21-22,26H,1,5-12,15-20,23H2,2-3H3,(H,36,46)(H,37,47)(H,38,39,40,41). The predicted octanol–water partition coefficient (Wildman–Crippen LogP) is 3.66. The van der Waals surface area contributed by atoms with Crippen molar-refractivity contribution in [3.8, 4) is 0 Å². The number of aromatic nitrogens is 4. The second-order valence-corrected chi connectivity index (χ2v) is 12.6. The van der Waals surface area contributed by atoms with Gasteiger partial charge in [-0.1, -0.05) is 32.3 Å². The van der Waals surface area contributed by atoms with E-state index in [4.69, 9.17) is 4.98 Å². The Kier molecular flexibility index (Phi) is 11.9. The van der Waals surface area contributed by atoms with E-state index in [0.717, 1.165) is 83.2 Å².